The van der Waals surface area contributed by atoms with Gasteiger partial charge in [-0.1, -0.05) is 36.4 Å². The topological polar surface area (TPSA) is 118 Å². The average Bonchev–Trinajstić information content (AvgIpc) is 3.33. The maximum atomic E-state index is 12.4. The molecule has 2 N–H and O–H groups in total. The summed E-state index contributed by atoms with van der Waals surface area (Å²) in [6.07, 6.45) is 2.45. The van der Waals surface area contributed by atoms with Crippen LogP contribution in [0.5, 0.6) is 0 Å². The van der Waals surface area contributed by atoms with Crippen LogP contribution in [0.3, 0.4) is 0 Å². The van der Waals surface area contributed by atoms with E-state index in [0.717, 1.165) is 13.0 Å². The largest absolute Gasteiger partial charge is 0.468 e. The number of anilines is 1. The van der Waals surface area contributed by atoms with Gasteiger partial charge >= 0.3 is 11.8 Å². The van der Waals surface area contributed by atoms with Gasteiger partial charge in [0.25, 0.3) is 5.69 Å². The van der Waals surface area contributed by atoms with E-state index in [2.05, 4.69) is 27.7 Å². The van der Waals surface area contributed by atoms with E-state index in [0.29, 0.717) is 12.3 Å². The Kier molecular flexibility index (Phi) is 6.27. The zero-order chi connectivity index (χ0) is 22.5. The first-order valence-electron chi connectivity index (χ1n) is 10.2. The molecule has 2 amide bonds. The lowest BCUT2D eigenvalue weighted by molar-refractivity contribution is -0.383. The monoisotopic (exact) mass is 434 g/mol. The van der Waals surface area contributed by atoms with E-state index < -0.39 is 16.7 Å². The molecule has 0 spiro atoms. The Bertz CT molecular complexity index is 1130. The number of fused-ring (bicyclic) bond motifs is 1. The van der Waals surface area contributed by atoms with Gasteiger partial charge in [-0.05, 0) is 35.7 Å². The summed E-state index contributed by atoms with van der Waals surface area (Å²) in [6.45, 7) is 1.62. The number of carbonyl (C=O) groups excluding carboxylic acids is 2. The van der Waals surface area contributed by atoms with Crippen molar-refractivity contribution in [2.24, 2.45) is 0 Å². The third-order valence-electron chi connectivity index (χ3n) is 5.48. The van der Waals surface area contributed by atoms with Gasteiger partial charge in [-0.3, -0.25) is 24.6 Å². The van der Waals surface area contributed by atoms with E-state index in [1.807, 2.05) is 18.2 Å². The summed E-state index contributed by atoms with van der Waals surface area (Å²) in [5.74, 6) is -1.16. The lowest BCUT2D eigenvalue weighted by Gasteiger charge is -2.34. The Morgan fingerprint density at radius 2 is 1.78 bits per heavy atom. The molecule has 2 heterocycles. The Balaban J connectivity index is 1.43. The molecule has 4 rings (SSSR count). The maximum absolute atomic E-state index is 12.4. The van der Waals surface area contributed by atoms with Crippen molar-refractivity contribution >= 4 is 23.2 Å². The SMILES string of the molecule is O=C(NC[C@@H](c1ccco1)N1CCc2ccccc2C1)C(=O)Nc1ccccc1[N+](=O)[O-]. The minimum absolute atomic E-state index is 0.0344. The molecule has 1 aliphatic heterocycles. The van der Waals surface area contributed by atoms with Crippen molar-refractivity contribution < 1.29 is 18.9 Å². The van der Waals surface area contributed by atoms with Gasteiger partial charge in [-0.15, -0.1) is 0 Å². The molecule has 9 nitrogen and oxygen atoms in total. The number of hydrogen-bond acceptors (Lipinski definition) is 6. The van der Waals surface area contributed by atoms with E-state index in [1.165, 1.54) is 29.3 Å². The molecular weight excluding hydrogens is 412 g/mol. The van der Waals surface area contributed by atoms with E-state index in [-0.39, 0.29) is 24.0 Å². The number of furan rings is 1. The Labute approximate surface area is 184 Å². The normalized spacial score (nSPS) is 14.2. The van der Waals surface area contributed by atoms with Gasteiger partial charge in [-0.2, -0.15) is 0 Å². The van der Waals surface area contributed by atoms with Crippen molar-refractivity contribution in [3.05, 3.63) is 93.9 Å². The summed E-state index contributed by atoms with van der Waals surface area (Å²) in [5, 5.41) is 16.1. The quantitative estimate of drug-likeness (QED) is 0.350. The predicted molar refractivity (Wildman–Crippen MR) is 117 cm³/mol. The van der Waals surface area contributed by atoms with Gasteiger partial charge in [0, 0.05) is 25.7 Å². The van der Waals surface area contributed by atoms with Crippen LogP contribution in [-0.2, 0) is 22.6 Å². The Morgan fingerprint density at radius 1 is 1.03 bits per heavy atom. The zero-order valence-electron chi connectivity index (χ0n) is 17.2. The summed E-state index contributed by atoms with van der Waals surface area (Å²) in [7, 11) is 0. The Hall–Kier alpha value is -3.98. The van der Waals surface area contributed by atoms with Crippen molar-refractivity contribution in [2.75, 3.05) is 18.4 Å². The number of nitrogens with one attached hydrogen (secondary N) is 2. The zero-order valence-corrected chi connectivity index (χ0v) is 17.2. The fraction of sp³-hybridized carbons (Fsp3) is 0.217. The van der Waals surface area contributed by atoms with Crippen molar-refractivity contribution in [3.63, 3.8) is 0 Å². The van der Waals surface area contributed by atoms with E-state index in [4.69, 9.17) is 4.42 Å². The van der Waals surface area contributed by atoms with Gasteiger partial charge < -0.3 is 15.1 Å². The van der Waals surface area contributed by atoms with Crippen molar-refractivity contribution in [1.29, 1.82) is 0 Å². The van der Waals surface area contributed by atoms with Crippen LogP contribution < -0.4 is 10.6 Å². The highest BCUT2D eigenvalue weighted by atomic mass is 16.6. The molecule has 0 unspecified atom stereocenters. The summed E-state index contributed by atoms with van der Waals surface area (Å²) in [6, 6.07) is 17.2. The number of benzene rings is 2. The fourth-order valence-corrected chi connectivity index (χ4v) is 3.86. The minimum atomic E-state index is -0.971. The first-order chi connectivity index (χ1) is 15.5. The van der Waals surface area contributed by atoms with Gasteiger partial charge in [-0.25, -0.2) is 0 Å². The third-order valence-corrected chi connectivity index (χ3v) is 5.48. The molecule has 0 saturated carbocycles. The van der Waals surface area contributed by atoms with Gasteiger partial charge in [0.1, 0.15) is 11.4 Å². The lowest BCUT2D eigenvalue weighted by Crippen LogP contribution is -2.43. The molecular formula is C23H22N4O5. The number of amides is 2. The van der Waals surface area contributed by atoms with Gasteiger partial charge in [0.2, 0.25) is 0 Å². The molecule has 0 aliphatic carbocycles. The molecule has 0 saturated heterocycles. The predicted octanol–water partition coefficient (Wildman–Crippen LogP) is 3.04. The van der Waals surface area contributed by atoms with Crippen LogP contribution in [-0.4, -0.2) is 34.7 Å². The van der Waals surface area contributed by atoms with Crippen molar-refractivity contribution in [2.45, 2.75) is 19.0 Å². The molecule has 0 radical (unpaired) electrons. The summed E-state index contributed by atoms with van der Waals surface area (Å²) in [4.78, 5) is 37.5. The standard InChI is InChI=1S/C23H22N4O5/c28-22(23(29)25-18-8-3-4-9-19(18)27(30)31)24-14-20(21-10-5-13-32-21)26-12-11-16-6-1-2-7-17(16)15-26/h1-10,13,20H,11-12,14-15H2,(H,24,28)(H,25,29)/t20-/m0/s1. The summed E-state index contributed by atoms with van der Waals surface area (Å²) in [5.41, 5.74) is 2.20. The van der Waals surface area contributed by atoms with E-state index >= 15 is 0 Å². The van der Waals surface area contributed by atoms with E-state index in [9.17, 15) is 19.7 Å². The molecule has 1 aromatic heterocycles. The number of hydrogen-bond donors (Lipinski definition) is 2. The fourth-order valence-electron chi connectivity index (χ4n) is 3.86. The number of nitro benzene ring substituents is 1. The van der Waals surface area contributed by atoms with Crippen LogP contribution in [0.25, 0.3) is 0 Å². The number of para-hydroxylation sites is 2. The van der Waals surface area contributed by atoms with E-state index in [1.54, 1.807) is 18.4 Å². The summed E-state index contributed by atoms with van der Waals surface area (Å²) < 4.78 is 5.60. The molecule has 3 aromatic rings. The molecule has 32 heavy (non-hydrogen) atoms. The van der Waals surface area contributed by atoms with Crippen LogP contribution in [0.2, 0.25) is 0 Å². The molecule has 1 aliphatic rings. The third kappa shape index (κ3) is 4.68. The highest BCUT2D eigenvalue weighted by molar-refractivity contribution is 6.39. The Morgan fingerprint density at radius 3 is 2.53 bits per heavy atom. The van der Waals surface area contributed by atoms with Crippen LogP contribution in [0.15, 0.2) is 71.3 Å². The molecule has 2 aromatic carbocycles. The van der Waals surface area contributed by atoms with Crippen LogP contribution in [0.4, 0.5) is 11.4 Å². The summed E-state index contributed by atoms with van der Waals surface area (Å²) >= 11 is 0. The minimum Gasteiger partial charge on any atom is -0.468 e. The second-order valence-electron chi connectivity index (χ2n) is 7.46. The smallest absolute Gasteiger partial charge is 0.313 e. The first-order valence-corrected chi connectivity index (χ1v) is 10.2. The van der Waals surface area contributed by atoms with Gasteiger partial charge in [0.05, 0.1) is 17.2 Å². The average molecular weight is 434 g/mol. The molecule has 164 valence electrons. The first kappa shape index (κ1) is 21.3. The number of nitro groups is 1. The molecule has 0 bridgehead atoms. The highest BCUT2D eigenvalue weighted by Gasteiger charge is 2.28. The second kappa shape index (κ2) is 9.44. The second-order valence-corrected chi connectivity index (χ2v) is 7.46. The lowest BCUT2D eigenvalue weighted by atomic mass is 9.98. The van der Waals surface area contributed by atoms with Gasteiger partial charge in [0.15, 0.2) is 0 Å². The van der Waals surface area contributed by atoms with Crippen LogP contribution in [0, 0.1) is 10.1 Å². The highest BCUT2D eigenvalue weighted by Crippen LogP contribution is 2.28. The molecule has 9 heteroatoms. The number of nitrogens with zero attached hydrogens (tertiary/aromatic N) is 2. The number of rotatable bonds is 6. The van der Waals surface area contributed by atoms with Crippen LogP contribution in [0.1, 0.15) is 22.9 Å². The van der Waals surface area contributed by atoms with Crippen LogP contribution >= 0.6 is 0 Å². The van der Waals surface area contributed by atoms with Crippen molar-refractivity contribution in [1.82, 2.24) is 10.2 Å². The maximum Gasteiger partial charge on any atom is 0.313 e. The van der Waals surface area contributed by atoms with Crippen molar-refractivity contribution in [3.8, 4) is 0 Å². The molecule has 1 atom stereocenters. The molecule has 0 fully saturated rings. The number of carbonyl (C=O) groups is 2.